The summed E-state index contributed by atoms with van der Waals surface area (Å²) in [6, 6.07) is 0.652. The predicted molar refractivity (Wildman–Crippen MR) is 73.7 cm³/mol. The molecular weight excluding hydrogens is 252 g/mol. The summed E-state index contributed by atoms with van der Waals surface area (Å²) in [7, 11) is 0. The molecule has 0 aromatic carbocycles. The fraction of sp³-hybridized carbons (Fsp3) is 0.750. The molecular formula is C12H20N2OS2. The van der Waals surface area contributed by atoms with E-state index in [1.807, 2.05) is 23.3 Å². The Labute approximate surface area is 111 Å². The molecule has 5 heteroatoms. The lowest BCUT2D eigenvalue weighted by Gasteiger charge is -2.29. The summed E-state index contributed by atoms with van der Waals surface area (Å²) >= 11 is 3.50. The number of aliphatic hydroxyl groups is 1. The van der Waals surface area contributed by atoms with Crippen LogP contribution in [0.4, 0.5) is 0 Å². The van der Waals surface area contributed by atoms with Crippen molar-refractivity contribution in [3.63, 3.8) is 0 Å². The third-order valence-corrected chi connectivity index (χ3v) is 5.04. The lowest BCUT2D eigenvalue weighted by atomic mass is 9.97. The fourth-order valence-corrected chi connectivity index (χ4v) is 3.47. The van der Waals surface area contributed by atoms with Gasteiger partial charge in [0.2, 0.25) is 0 Å². The third-order valence-electron chi connectivity index (χ3n) is 2.99. The molecule has 1 aliphatic rings. The van der Waals surface area contributed by atoms with Crippen LogP contribution >= 0.6 is 23.1 Å². The van der Waals surface area contributed by atoms with Gasteiger partial charge in [-0.15, -0.1) is 11.3 Å². The molecule has 96 valence electrons. The second-order valence-electron chi connectivity index (χ2n) is 4.89. The largest absolute Gasteiger partial charge is 0.394 e. The SMILES string of the molecule is CC(CO)(CCCSc1nccs1)NC1CC1. The van der Waals surface area contributed by atoms with Gasteiger partial charge in [-0.25, -0.2) is 4.98 Å². The molecule has 1 saturated carbocycles. The second-order valence-corrected chi connectivity index (χ2v) is 7.12. The quantitative estimate of drug-likeness (QED) is 0.564. The summed E-state index contributed by atoms with van der Waals surface area (Å²) in [5.41, 5.74) is -0.0927. The summed E-state index contributed by atoms with van der Waals surface area (Å²) in [5, 5.41) is 15.0. The minimum Gasteiger partial charge on any atom is -0.394 e. The topological polar surface area (TPSA) is 45.2 Å². The van der Waals surface area contributed by atoms with Crippen LogP contribution in [0.3, 0.4) is 0 Å². The smallest absolute Gasteiger partial charge is 0.149 e. The number of nitrogens with one attached hydrogen (secondary N) is 1. The van der Waals surface area contributed by atoms with E-state index in [1.54, 1.807) is 11.3 Å². The Morgan fingerprint density at radius 2 is 2.47 bits per heavy atom. The number of aromatic nitrogens is 1. The Hall–Kier alpha value is -0.100. The van der Waals surface area contributed by atoms with E-state index in [1.165, 1.54) is 12.8 Å². The molecule has 1 unspecified atom stereocenters. The highest BCUT2D eigenvalue weighted by atomic mass is 32.2. The first kappa shape index (κ1) is 13.3. The minimum absolute atomic E-state index is 0.0927. The van der Waals surface area contributed by atoms with E-state index in [2.05, 4.69) is 17.2 Å². The van der Waals surface area contributed by atoms with Gasteiger partial charge in [-0.1, -0.05) is 11.8 Å². The van der Waals surface area contributed by atoms with Crippen LogP contribution < -0.4 is 5.32 Å². The Morgan fingerprint density at radius 3 is 3.06 bits per heavy atom. The van der Waals surface area contributed by atoms with Crippen molar-refractivity contribution < 1.29 is 5.11 Å². The van der Waals surface area contributed by atoms with Crippen LogP contribution in [0.5, 0.6) is 0 Å². The molecule has 0 spiro atoms. The molecule has 0 radical (unpaired) electrons. The highest BCUT2D eigenvalue weighted by molar-refractivity contribution is 8.00. The zero-order chi connectivity index (χ0) is 12.1. The molecule has 2 rings (SSSR count). The van der Waals surface area contributed by atoms with Crippen molar-refractivity contribution in [2.75, 3.05) is 12.4 Å². The van der Waals surface area contributed by atoms with Crippen molar-refractivity contribution in [1.29, 1.82) is 0 Å². The van der Waals surface area contributed by atoms with Gasteiger partial charge in [-0.05, 0) is 32.6 Å². The van der Waals surface area contributed by atoms with Crippen LogP contribution in [0, 0.1) is 0 Å². The van der Waals surface area contributed by atoms with E-state index in [0.29, 0.717) is 6.04 Å². The number of hydrogen-bond acceptors (Lipinski definition) is 5. The number of hydrogen-bond donors (Lipinski definition) is 2. The predicted octanol–water partition coefficient (Wildman–Crippen LogP) is 2.52. The molecule has 17 heavy (non-hydrogen) atoms. The Kier molecular flexibility index (Phi) is 4.85. The summed E-state index contributed by atoms with van der Waals surface area (Å²) < 4.78 is 1.14. The Morgan fingerprint density at radius 1 is 1.65 bits per heavy atom. The standard InChI is InChI=1S/C12H20N2OS2/c1-12(9-15,14-10-3-4-10)5-2-7-16-11-13-6-8-17-11/h6,8,10,14-15H,2-5,7,9H2,1H3. The van der Waals surface area contributed by atoms with Crippen molar-refractivity contribution in [1.82, 2.24) is 10.3 Å². The first-order valence-corrected chi connectivity index (χ1v) is 7.99. The first-order valence-electron chi connectivity index (χ1n) is 6.13. The maximum Gasteiger partial charge on any atom is 0.149 e. The summed E-state index contributed by atoms with van der Waals surface area (Å²) in [5.74, 6) is 1.08. The van der Waals surface area contributed by atoms with Crippen molar-refractivity contribution in [3.8, 4) is 0 Å². The molecule has 0 saturated heterocycles. The van der Waals surface area contributed by atoms with Gasteiger partial charge in [0, 0.05) is 28.9 Å². The normalized spacial score (nSPS) is 19.2. The van der Waals surface area contributed by atoms with E-state index in [9.17, 15) is 5.11 Å². The molecule has 1 aromatic rings. The lowest BCUT2D eigenvalue weighted by molar-refractivity contribution is 0.163. The third kappa shape index (κ3) is 4.58. The van der Waals surface area contributed by atoms with Crippen LogP contribution in [0.25, 0.3) is 0 Å². The second kappa shape index (κ2) is 6.18. The molecule has 0 aliphatic heterocycles. The van der Waals surface area contributed by atoms with Crippen LogP contribution in [-0.4, -0.2) is 34.0 Å². The van der Waals surface area contributed by atoms with Gasteiger partial charge in [-0.3, -0.25) is 0 Å². The Bertz CT molecular complexity index is 327. The molecule has 2 N–H and O–H groups in total. The van der Waals surface area contributed by atoms with Crippen LogP contribution in [-0.2, 0) is 0 Å². The molecule has 1 atom stereocenters. The van der Waals surface area contributed by atoms with Crippen molar-refractivity contribution in [2.24, 2.45) is 0 Å². The molecule has 1 aromatic heterocycles. The van der Waals surface area contributed by atoms with Gasteiger partial charge in [0.15, 0.2) is 0 Å². The van der Waals surface area contributed by atoms with Gasteiger partial charge >= 0.3 is 0 Å². The number of thiazole rings is 1. The van der Waals surface area contributed by atoms with Crippen molar-refractivity contribution in [3.05, 3.63) is 11.6 Å². The van der Waals surface area contributed by atoms with Crippen molar-refractivity contribution in [2.45, 2.75) is 48.5 Å². The van der Waals surface area contributed by atoms with Gasteiger partial charge in [-0.2, -0.15) is 0 Å². The zero-order valence-electron chi connectivity index (χ0n) is 10.2. The highest BCUT2D eigenvalue weighted by Crippen LogP contribution is 2.26. The van der Waals surface area contributed by atoms with E-state index < -0.39 is 0 Å². The molecule has 1 fully saturated rings. The number of nitrogens with zero attached hydrogens (tertiary/aromatic N) is 1. The van der Waals surface area contributed by atoms with Gasteiger partial charge in [0.05, 0.1) is 6.61 Å². The van der Waals surface area contributed by atoms with E-state index in [-0.39, 0.29) is 12.1 Å². The minimum atomic E-state index is -0.0927. The van der Waals surface area contributed by atoms with Gasteiger partial charge < -0.3 is 10.4 Å². The monoisotopic (exact) mass is 272 g/mol. The van der Waals surface area contributed by atoms with E-state index in [0.717, 1.165) is 22.9 Å². The van der Waals surface area contributed by atoms with Gasteiger partial charge in [0.25, 0.3) is 0 Å². The number of rotatable bonds is 8. The van der Waals surface area contributed by atoms with Crippen LogP contribution in [0.2, 0.25) is 0 Å². The van der Waals surface area contributed by atoms with Crippen LogP contribution in [0.1, 0.15) is 32.6 Å². The highest BCUT2D eigenvalue weighted by Gasteiger charge is 2.31. The fourth-order valence-electron chi connectivity index (χ4n) is 1.82. The summed E-state index contributed by atoms with van der Waals surface area (Å²) in [4.78, 5) is 4.25. The lowest BCUT2D eigenvalue weighted by Crippen LogP contribution is -2.46. The molecule has 0 bridgehead atoms. The average molecular weight is 272 g/mol. The number of thioether (sulfide) groups is 1. The molecule has 3 nitrogen and oxygen atoms in total. The molecule has 1 heterocycles. The maximum absolute atomic E-state index is 9.47. The van der Waals surface area contributed by atoms with E-state index >= 15 is 0 Å². The van der Waals surface area contributed by atoms with E-state index in [4.69, 9.17) is 0 Å². The zero-order valence-corrected chi connectivity index (χ0v) is 11.8. The summed E-state index contributed by atoms with van der Waals surface area (Å²) in [6.45, 7) is 2.35. The maximum atomic E-state index is 9.47. The first-order chi connectivity index (χ1) is 8.22. The molecule has 0 amide bonds. The number of aliphatic hydroxyl groups excluding tert-OH is 1. The van der Waals surface area contributed by atoms with Gasteiger partial charge in [0.1, 0.15) is 4.34 Å². The van der Waals surface area contributed by atoms with Crippen molar-refractivity contribution >= 4 is 23.1 Å². The van der Waals surface area contributed by atoms with Crippen LogP contribution in [0.15, 0.2) is 15.9 Å². The Balaban J connectivity index is 1.65. The summed E-state index contributed by atoms with van der Waals surface area (Å²) in [6.07, 6.45) is 6.52. The average Bonchev–Trinajstić information content (AvgIpc) is 2.97. The molecule has 1 aliphatic carbocycles.